The maximum atomic E-state index is 13.0. The maximum absolute atomic E-state index is 13.0. The van der Waals surface area contributed by atoms with Crippen LogP contribution in [0.5, 0.6) is 0 Å². The molecule has 2 unspecified atom stereocenters. The van der Waals surface area contributed by atoms with Crippen LogP contribution in [-0.4, -0.2) is 12.0 Å². The summed E-state index contributed by atoms with van der Waals surface area (Å²) in [5.41, 5.74) is 1.78. The number of carbonyl (C=O) groups is 1. The molecule has 4 heteroatoms. The Hall–Kier alpha value is -1.32. The third kappa shape index (κ3) is 5.06. The molecule has 0 heterocycles. The molecular formula is C25H35F3O. The third-order valence-electron chi connectivity index (χ3n) is 7.37. The summed E-state index contributed by atoms with van der Waals surface area (Å²) in [5.74, 6) is -1.27. The van der Waals surface area contributed by atoms with Gasteiger partial charge in [0.1, 0.15) is 0 Å². The van der Waals surface area contributed by atoms with Crippen molar-refractivity contribution in [3.05, 3.63) is 34.9 Å². The van der Waals surface area contributed by atoms with Crippen molar-refractivity contribution in [1.82, 2.24) is 0 Å². The molecule has 1 aromatic carbocycles. The Bertz CT molecular complexity index is 695. The van der Waals surface area contributed by atoms with E-state index in [-0.39, 0.29) is 22.8 Å². The molecule has 2 aliphatic rings. The quantitative estimate of drug-likeness (QED) is 0.459. The number of halogens is 3. The monoisotopic (exact) mass is 408 g/mol. The average Bonchev–Trinajstić information content (AvgIpc) is 2.93. The molecule has 0 aromatic heterocycles. The van der Waals surface area contributed by atoms with E-state index in [1.54, 1.807) is 6.07 Å². The predicted molar refractivity (Wildman–Crippen MR) is 111 cm³/mol. The molecule has 2 atom stereocenters. The van der Waals surface area contributed by atoms with Crippen molar-refractivity contribution in [2.75, 3.05) is 0 Å². The van der Waals surface area contributed by atoms with Crippen LogP contribution in [0.25, 0.3) is 0 Å². The van der Waals surface area contributed by atoms with Crippen LogP contribution in [0.4, 0.5) is 13.2 Å². The van der Waals surface area contributed by atoms with Crippen LogP contribution < -0.4 is 0 Å². The fourth-order valence-corrected chi connectivity index (χ4v) is 5.88. The van der Waals surface area contributed by atoms with Crippen molar-refractivity contribution >= 4 is 5.78 Å². The minimum atomic E-state index is -4.81. The predicted octanol–water partition coefficient (Wildman–Crippen LogP) is 8.33. The summed E-state index contributed by atoms with van der Waals surface area (Å²) in [5, 5.41) is 0. The lowest BCUT2D eigenvalue weighted by Gasteiger charge is -2.40. The first-order valence-corrected chi connectivity index (χ1v) is 11.5. The van der Waals surface area contributed by atoms with Gasteiger partial charge in [-0.2, -0.15) is 13.2 Å². The first-order valence-electron chi connectivity index (χ1n) is 11.5. The zero-order valence-corrected chi connectivity index (χ0v) is 17.9. The Morgan fingerprint density at radius 2 is 1.38 bits per heavy atom. The normalized spacial score (nSPS) is 25.8. The molecule has 0 amide bonds. The summed E-state index contributed by atoms with van der Waals surface area (Å²) in [7, 11) is 0. The summed E-state index contributed by atoms with van der Waals surface area (Å²) in [6, 6.07) is 5.11. The molecule has 0 spiro atoms. The molecule has 2 aliphatic carbocycles. The van der Waals surface area contributed by atoms with Gasteiger partial charge in [0.15, 0.2) is 0 Å². The summed E-state index contributed by atoms with van der Waals surface area (Å²) < 4.78 is 39.1. The van der Waals surface area contributed by atoms with Crippen molar-refractivity contribution < 1.29 is 18.0 Å². The first-order chi connectivity index (χ1) is 13.8. The molecule has 1 aromatic rings. The number of rotatable bonds is 3. The highest BCUT2D eigenvalue weighted by molar-refractivity contribution is 6.00. The standard InChI is InChI=1S/C25H35F3O/c1-3-21-18-15-19(17-20(16-18)23(29)25(26,27)28)22(21)24(2)13-11-9-7-5-4-6-8-10-12-14-24/h15-17,21-22H,3-14H2,1-2H3. The summed E-state index contributed by atoms with van der Waals surface area (Å²) >= 11 is 0. The summed E-state index contributed by atoms with van der Waals surface area (Å²) in [6.45, 7) is 4.48. The number of ketones is 1. The highest BCUT2D eigenvalue weighted by atomic mass is 19.4. The van der Waals surface area contributed by atoms with Crippen molar-refractivity contribution in [1.29, 1.82) is 0 Å². The number of hydrogen-bond donors (Lipinski definition) is 0. The smallest absolute Gasteiger partial charge is 0.284 e. The van der Waals surface area contributed by atoms with E-state index in [9.17, 15) is 18.0 Å². The van der Waals surface area contributed by atoms with Gasteiger partial charge >= 0.3 is 6.18 Å². The van der Waals surface area contributed by atoms with Gasteiger partial charge in [0.2, 0.25) is 0 Å². The minimum absolute atomic E-state index is 0.0779. The molecule has 1 nitrogen and oxygen atoms in total. The van der Waals surface area contributed by atoms with Crippen molar-refractivity contribution in [3.63, 3.8) is 0 Å². The van der Waals surface area contributed by atoms with Crippen LogP contribution in [0.1, 0.15) is 124 Å². The second-order valence-electron chi connectivity index (χ2n) is 9.54. The number of fused-ring (bicyclic) bond motifs is 2. The molecule has 162 valence electrons. The molecule has 1 fully saturated rings. The largest absolute Gasteiger partial charge is 0.454 e. The van der Waals surface area contributed by atoms with Crippen molar-refractivity contribution in [2.24, 2.45) is 5.41 Å². The minimum Gasteiger partial charge on any atom is -0.284 e. The molecule has 1 saturated carbocycles. The van der Waals surface area contributed by atoms with Gasteiger partial charge in [0, 0.05) is 5.56 Å². The van der Waals surface area contributed by atoms with E-state index in [2.05, 4.69) is 19.9 Å². The first kappa shape index (κ1) is 22.4. The highest BCUT2D eigenvalue weighted by Crippen LogP contribution is 2.56. The second kappa shape index (κ2) is 9.22. The Labute approximate surface area is 173 Å². The van der Waals surface area contributed by atoms with Gasteiger partial charge in [0.05, 0.1) is 0 Å². The van der Waals surface area contributed by atoms with Crippen molar-refractivity contribution in [2.45, 2.75) is 109 Å². The fourth-order valence-electron chi connectivity index (χ4n) is 5.88. The zero-order valence-electron chi connectivity index (χ0n) is 17.9. The molecule has 3 rings (SSSR count). The number of hydrogen-bond acceptors (Lipinski definition) is 1. The lowest BCUT2D eigenvalue weighted by atomic mass is 9.64. The number of carbonyl (C=O) groups excluding carboxylic acids is 1. The van der Waals surface area contributed by atoms with E-state index in [1.165, 1.54) is 63.9 Å². The van der Waals surface area contributed by atoms with Crippen molar-refractivity contribution in [3.8, 4) is 0 Å². The highest BCUT2D eigenvalue weighted by Gasteiger charge is 2.45. The van der Waals surface area contributed by atoms with Gasteiger partial charge < -0.3 is 0 Å². The SMILES string of the molecule is CCC1c2cc(C(=O)C(F)(F)F)cc(c2)C1C1(C)CCCCCCCCCCC1. The van der Waals surface area contributed by atoms with Crippen LogP contribution >= 0.6 is 0 Å². The Kier molecular flexibility index (Phi) is 7.11. The van der Waals surface area contributed by atoms with Gasteiger partial charge in [-0.25, -0.2) is 0 Å². The number of benzene rings is 1. The van der Waals surface area contributed by atoms with Crippen LogP contribution in [0.15, 0.2) is 18.2 Å². The fraction of sp³-hybridized carbons (Fsp3) is 0.720. The van der Waals surface area contributed by atoms with E-state index in [0.29, 0.717) is 0 Å². The van der Waals surface area contributed by atoms with E-state index >= 15 is 0 Å². The molecule has 0 aliphatic heterocycles. The lowest BCUT2D eigenvalue weighted by Crippen LogP contribution is -2.28. The molecule has 0 N–H and O–H groups in total. The van der Waals surface area contributed by atoms with Crippen LogP contribution in [0.2, 0.25) is 0 Å². The van der Waals surface area contributed by atoms with Gasteiger partial charge in [-0.3, -0.25) is 4.79 Å². The second-order valence-corrected chi connectivity index (χ2v) is 9.54. The number of Topliss-reactive ketones (excluding diaryl/α,β-unsaturated/α-hetero) is 1. The van der Waals surface area contributed by atoms with Gasteiger partial charge in [-0.1, -0.05) is 77.7 Å². The Balaban J connectivity index is 1.89. The Morgan fingerprint density at radius 1 is 0.897 bits per heavy atom. The summed E-state index contributed by atoms with van der Waals surface area (Å²) in [4.78, 5) is 11.9. The molecule has 29 heavy (non-hydrogen) atoms. The van der Waals surface area contributed by atoms with Crippen LogP contribution in [0.3, 0.4) is 0 Å². The summed E-state index contributed by atoms with van der Waals surface area (Å²) in [6.07, 6.45) is 9.76. The number of alkyl halides is 3. The molecular weight excluding hydrogens is 373 g/mol. The van der Waals surface area contributed by atoms with Crippen LogP contribution in [0, 0.1) is 5.41 Å². The Morgan fingerprint density at radius 3 is 1.86 bits per heavy atom. The lowest BCUT2D eigenvalue weighted by molar-refractivity contribution is -0.0885. The van der Waals surface area contributed by atoms with Crippen LogP contribution in [-0.2, 0) is 0 Å². The van der Waals surface area contributed by atoms with Gasteiger partial charge in [0.25, 0.3) is 5.78 Å². The third-order valence-corrected chi connectivity index (χ3v) is 7.37. The molecule has 0 saturated heterocycles. The average molecular weight is 409 g/mol. The van der Waals surface area contributed by atoms with E-state index in [0.717, 1.165) is 30.4 Å². The topological polar surface area (TPSA) is 17.1 Å². The molecule has 0 radical (unpaired) electrons. The van der Waals surface area contributed by atoms with Gasteiger partial charge in [-0.05, 0) is 59.8 Å². The van der Waals surface area contributed by atoms with E-state index in [1.807, 2.05) is 0 Å². The molecule has 2 bridgehead atoms. The van der Waals surface area contributed by atoms with E-state index < -0.39 is 12.0 Å². The maximum Gasteiger partial charge on any atom is 0.454 e. The zero-order chi connectivity index (χ0) is 21.1. The van der Waals surface area contributed by atoms with E-state index in [4.69, 9.17) is 0 Å². The van der Waals surface area contributed by atoms with Gasteiger partial charge in [-0.15, -0.1) is 0 Å².